The number of benzene rings is 2. The van der Waals surface area contributed by atoms with Crippen LogP contribution < -0.4 is 9.47 Å². The van der Waals surface area contributed by atoms with Gasteiger partial charge in [0.25, 0.3) is 0 Å². The Labute approximate surface area is 153 Å². The van der Waals surface area contributed by atoms with Gasteiger partial charge in [-0.3, -0.25) is 4.79 Å². The largest absolute Gasteiger partial charge is 0.489 e. The Hall–Kier alpha value is -2.79. The van der Waals surface area contributed by atoms with Crippen LogP contribution >= 0.6 is 0 Å². The van der Waals surface area contributed by atoms with E-state index in [0.717, 1.165) is 11.3 Å². The Morgan fingerprint density at radius 3 is 2.42 bits per heavy atom. The highest BCUT2D eigenvalue weighted by Gasteiger charge is 2.20. The van der Waals surface area contributed by atoms with Gasteiger partial charge in [-0.05, 0) is 36.8 Å². The molecule has 0 aromatic heterocycles. The van der Waals surface area contributed by atoms with Crippen LogP contribution in [0.25, 0.3) is 0 Å². The van der Waals surface area contributed by atoms with Crippen molar-refractivity contribution in [3.63, 3.8) is 0 Å². The van der Waals surface area contributed by atoms with Crippen molar-refractivity contribution in [3.8, 4) is 11.5 Å². The molecule has 0 amide bonds. The summed E-state index contributed by atoms with van der Waals surface area (Å²) in [6.07, 6.45) is -0.164. The second kappa shape index (κ2) is 10.3. The lowest BCUT2D eigenvalue weighted by Gasteiger charge is -2.20. The lowest BCUT2D eigenvalue weighted by Crippen LogP contribution is -2.31. The van der Waals surface area contributed by atoms with Gasteiger partial charge in [-0.15, -0.1) is 0 Å². The number of aliphatic hydroxyl groups excluding tert-OH is 1. The minimum absolute atomic E-state index is 0.130. The van der Waals surface area contributed by atoms with Crippen molar-refractivity contribution < 1.29 is 24.1 Å². The molecule has 0 spiro atoms. The minimum Gasteiger partial charge on any atom is -0.489 e. The number of hydrogen-bond acceptors (Lipinski definition) is 5. The maximum atomic E-state index is 11.5. The molecule has 0 aliphatic heterocycles. The lowest BCUT2D eigenvalue weighted by atomic mass is 10.1. The molecule has 0 bridgehead atoms. The van der Waals surface area contributed by atoms with Crippen LogP contribution in [-0.2, 0) is 16.1 Å². The summed E-state index contributed by atoms with van der Waals surface area (Å²) in [5, 5.41) is 10.0. The quantitative estimate of drug-likeness (QED) is 0.521. The summed E-state index contributed by atoms with van der Waals surface area (Å²) in [7, 11) is 0. The van der Waals surface area contributed by atoms with Crippen LogP contribution in [0.15, 0.2) is 67.3 Å². The van der Waals surface area contributed by atoms with E-state index in [4.69, 9.17) is 14.2 Å². The van der Waals surface area contributed by atoms with E-state index in [-0.39, 0.29) is 13.0 Å². The monoisotopic (exact) mass is 356 g/mol. The molecule has 0 saturated carbocycles. The maximum Gasteiger partial charge on any atom is 0.308 e. The van der Waals surface area contributed by atoms with Gasteiger partial charge in [-0.25, -0.2) is 0 Å². The third kappa shape index (κ3) is 6.61. The molecule has 26 heavy (non-hydrogen) atoms. The van der Waals surface area contributed by atoms with Crippen molar-refractivity contribution >= 4 is 5.97 Å². The van der Waals surface area contributed by atoms with Gasteiger partial charge >= 0.3 is 5.97 Å². The number of ether oxygens (including phenoxy) is 3. The van der Waals surface area contributed by atoms with E-state index in [2.05, 4.69) is 6.58 Å². The van der Waals surface area contributed by atoms with E-state index in [0.29, 0.717) is 12.4 Å². The normalized spacial score (nSPS) is 12.7. The summed E-state index contributed by atoms with van der Waals surface area (Å²) < 4.78 is 16.2. The molecular formula is C21H24O5. The molecule has 0 aliphatic carbocycles. The summed E-state index contributed by atoms with van der Waals surface area (Å²) in [6.45, 7) is 5.78. The van der Waals surface area contributed by atoms with Crippen molar-refractivity contribution in [3.05, 3.63) is 72.8 Å². The van der Waals surface area contributed by atoms with Gasteiger partial charge in [0, 0.05) is 0 Å². The van der Waals surface area contributed by atoms with Crippen LogP contribution in [0.4, 0.5) is 0 Å². The first kappa shape index (κ1) is 19.5. The molecule has 2 aromatic carbocycles. The van der Waals surface area contributed by atoms with Crippen molar-refractivity contribution in [1.82, 2.24) is 0 Å². The highest BCUT2D eigenvalue weighted by atomic mass is 16.5. The van der Waals surface area contributed by atoms with Gasteiger partial charge in [0.15, 0.2) is 0 Å². The van der Waals surface area contributed by atoms with Gasteiger partial charge in [0.2, 0.25) is 0 Å². The molecule has 2 unspecified atom stereocenters. The SMILES string of the molecule is C=CCOC(=O)CC(O)C(C)Oc1ccc(OCc2ccccc2)cc1. The molecule has 0 fully saturated rings. The molecule has 0 saturated heterocycles. The highest BCUT2D eigenvalue weighted by Crippen LogP contribution is 2.20. The predicted octanol–water partition coefficient (Wildman–Crippen LogP) is 3.51. The number of hydrogen-bond donors (Lipinski definition) is 1. The van der Waals surface area contributed by atoms with E-state index < -0.39 is 18.2 Å². The third-order valence-corrected chi connectivity index (χ3v) is 3.67. The molecule has 2 rings (SSSR count). The van der Waals surface area contributed by atoms with Gasteiger partial charge < -0.3 is 19.3 Å². The summed E-state index contributed by atoms with van der Waals surface area (Å²) in [4.78, 5) is 11.5. The van der Waals surface area contributed by atoms with Gasteiger partial charge in [-0.1, -0.05) is 43.0 Å². The second-order valence-electron chi connectivity index (χ2n) is 5.81. The summed E-state index contributed by atoms with van der Waals surface area (Å²) in [5.41, 5.74) is 1.09. The average molecular weight is 356 g/mol. The molecule has 0 heterocycles. The Bertz CT molecular complexity index is 681. The van der Waals surface area contributed by atoms with E-state index in [1.807, 2.05) is 30.3 Å². The zero-order chi connectivity index (χ0) is 18.8. The van der Waals surface area contributed by atoms with Crippen LogP contribution in [0.5, 0.6) is 11.5 Å². The smallest absolute Gasteiger partial charge is 0.308 e. The van der Waals surface area contributed by atoms with Crippen LogP contribution in [-0.4, -0.2) is 29.9 Å². The zero-order valence-corrected chi connectivity index (χ0v) is 14.8. The number of aliphatic hydroxyl groups is 1. The summed E-state index contributed by atoms with van der Waals surface area (Å²) in [5.74, 6) is 0.822. The van der Waals surface area contributed by atoms with Crippen LogP contribution in [0, 0.1) is 0 Å². The third-order valence-electron chi connectivity index (χ3n) is 3.67. The van der Waals surface area contributed by atoms with E-state index >= 15 is 0 Å². The zero-order valence-electron chi connectivity index (χ0n) is 14.8. The Morgan fingerprint density at radius 2 is 1.77 bits per heavy atom. The van der Waals surface area contributed by atoms with E-state index in [1.165, 1.54) is 6.08 Å². The number of carbonyl (C=O) groups excluding carboxylic acids is 1. The maximum absolute atomic E-state index is 11.5. The fourth-order valence-corrected chi connectivity index (χ4v) is 2.20. The fraction of sp³-hybridized carbons (Fsp3) is 0.286. The van der Waals surface area contributed by atoms with E-state index in [1.54, 1.807) is 31.2 Å². The second-order valence-corrected chi connectivity index (χ2v) is 5.81. The fourth-order valence-electron chi connectivity index (χ4n) is 2.20. The first-order valence-corrected chi connectivity index (χ1v) is 8.46. The molecule has 0 aliphatic rings. The predicted molar refractivity (Wildman–Crippen MR) is 99.1 cm³/mol. The standard InChI is InChI=1S/C21H24O5/c1-3-13-24-21(23)14-20(22)16(2)26-19-11-9-18(10-12-19)25-15-17-7-5-4-6-8-17/h3-12,16,20,22H,1,13-15H2,2H3. The summed E-state index contributed by atoms with van der Waals surface area (Å²) >= 11 is 0. The first-order chi connectivity index (χ1) is 12.6. The van der Waals surface area contributed by atoms with Crippen molar-refractivity contribution in [2.24, 2.45) is 0 Å². The Kier molecular flexibility index (Phi) is 7.71. The summed E-state index contributed by atoms with van der Waals surface area (Å²) in [6, 6.07) is 17.0. The van der Waals surface area contributed by atoms with Crippen LogP contribution in [0.2, 0.25) is 0 Å². The van der Waals surface area contributed by atoms with Crippen molar-refractivity contribution in [2.45, 2.75) is 32.2 Å². The Balaban J connectivity index is 1.80. The minimum atomic E-state index is -0.957. The number of carbonyl (C=O) groups is 1. The van der Waals surface area contributed by atoms with Crippen LogP contribution in [0.3, 0.4) is 0 Å². The molecule has 5 heteroatoms. The number of rotatable bonds is 10. The molecule has 0 radical (unpaired) electrons. The van der Waals surface area contributed by atoms with Gasteiger partial charge in [-0.2, -0.15) is 0 Å². The van der Waals surface area contributed by atoms with Gasteiger partial charge in [0.1, 0.15) is 36.9 Å². The average Bonchev–Trinajstić information content (AvgIpc) is 2.66. The van der Waals surface area contributed by atoms with Crippen molar-refractivity contribution in [2.75, 3.05) is 6.61 Å². The topological polar surface area (TPSA) is 65.0 Å². The Morgan fingerprint density at radius 1 is 1.12 bits per heavy atom. The molecule has 1 N–H and O–H groups in total. The van der Waals surface area contributed by atoms with Gasteiger partial charge in [0.05, 0.1) is 6.42 Å². The molecule has 2 aromatic rings. The van der Waals surface area contributed by atoms with E-state index in [9.17, 15) is 9.90 Å². The molecule has 5 nitrogen and oxygen atoms in total. The molecule has 138 valence electrons. The molecule has 2 atom stereocenters. The van der Waals surface area contributed by atoms with Crippen LogP contribution in [0.1, 0.15) is 18.9 Å². The highest BCUT2D eigenvalue weighted by molar-refractivity contribution is 5.70. The lowest BCUT2D eigenvalue weighted by molar-refractivity contribution is -0.145. The molecular weight excluding hydrogens is 332 g/mol. The van der Waals surface area contributed by atoms with Crippen molar-refractivity contribution in [1.29, 1.82) is 0 Å². The number of esters is 1. The first-order valence-electron chi connectivity index (χ1n) is 8.46.